The molecule has 0 unspecified atom stereocenters. The minimum atomic E-state index is 0.196. The van der Waals surface area contributed by atoms with E-state index < -0.39 is 0 Å². The van der Waals surface area contributed by atoms with Crippen LogP contribution in [0.1, 0.15) is 24.8 Å². The van der Waals surface area contributed by atoms with Crippen molar-refractivity contribution in [2.24, 2.45) is 0 Å². The van der Waals surface area contributed by atoms with Gasteiger partial charge in [0, 0.05) is 73.2 Å². The van der Waals surface area contributed by atoms with Gasteiger partial charge in [-0.1, -0.05) is 12.1 Å². The highest BCUT2D eigenvalue weighted by Crippen LogP contribution is 2.26. The Morgan fingerprint density at radius 3 is 2.62 bits per heavy atom. The van der Waals surface area contributed by atoms with Crippen LogP contribution in [0.15, 0.2) is 42.9 Å². The van der Waals surface area contributed by atoms with Crippen LogP contribution in [-0.4, -0.2) is 45.4 Å². The third-order valence-corrected chi connectivity index (χ3v) is 5.11. The number of amides is 1. The van der Waals surface area contributed by atoms with Crippen LogP contribution in [-0.2, 0) is 11.3 Å². The number of rotatable bonds is 7. The van der Waals surface area contributed by atoms with Gasteiger partial charge >= 0.3 is 0 Å². The highest BCUT2D eigenvalue weighted by atomic mass is 16.2. The number of carbonyl (C=O) groups is 1. The van der Waals surface area contributed by atoms with Gasteiger partial charge in [-0.25, -0.2) is 15.0 Å². The summed E-state index contributed by atoms with van der Waals surface area (Å²) in [7, 11) is 0. The Morgan fingerprint density at radius 2 is 1.83 bits per heavy atom. The van der Waals surface area contributed by atoms with Gasteiger partial charge in [-0.2, -0.15) is 0 Å². The van der Waals surface area contributed by atoms with Crippen molar-refractivity contribution in [3.05, 3.63) is 48.4 Å². The van der Waals surface area contributed by atoms with Crippen molar-refractivity contribution >= 4 is 34.1 Å². The third kappa shape index (κ3) is 4.53. The van der Waals surface area contributed by atoms with E-state index in [2.05, 4.69) is 25.6 Å². The van der Waals surface area contributed by atoms with Crippen molar-refractivity contribution in [3.63, 3.8) is 0 Å². The maximum absolute atomic E-state index is 12.0. The number of pyridine rings is 1. The maximum Gasteiger partial charge on any atom is 0.224 e. The lowest BCUT2D eigenvalue weighted by Crippen LogP contribution is -2.29. The number of hydrogen-bond acceptors (Lipinski definition) is 7. The Morgan fingerprint density at radius 1 is 1.03 bits per heavy atom. The Hall–Kier alpha value is -3.42. The van der Waals surface area contributed by atoms with Crippen LogP contribution >= 0.6 is 0 Å². The summed E-state index contributed by atoms with van der Waals surface area (Å²) in [5.74, 6) is 1.25. The number of nitrogen functional groups attached to an aromatic ring is 1. The van der Waals surface area contributed by atoms with E-state index in [0.717, 1.165) is 48.0 Å². The predicted octanol–water partition coefficient (Wildman–Crippen LogP) is 2.64. The molecule has 4 N–H and O–H groups in total. The van der Waals surface area contributed by atoms with Gasteiger partial charge in [-0.15, -0.1) is 0 Å². The molecule has 3 aromatic rings. The zero-order valence-electron chi connectivity index (χ0n) is 16.3. The van der Waals surface area contributed by atoms with Crippen LogP contribution in [0, 0.1) is 0 Å². The predicted molar refractivity (Wildman–Crippen MR) is 114 cm³/mol. The number of likely N-dealkylation sites (tertiary alicyclic amines) is 1. The summed E-state index contributed by atoms with van der Waals surface area (Å²) in [6.45, 7) is 2.90. The molecule has 8 nitrogen and oxygen atoms in total. The van der Waals surface area contributed by atoms with Crippen molar-refractivity contribution < 1.29 is 4.79 Å². The summed E-state index contributed by atoms with van der Waals surface area (Å²) in [5, 5.41) is 8.48. The number of nitrogens with one attached hydrogen (secondary N) is 2. The monoisotopic (exact) mass is 391 g/mol. The fourth-order valence-electron chi connectivity index (χ4n) is 3.52. The summed E-state index contributed by atoms with van der Waals surface area (Å²) in [4.78, 5) is 26.8. The van der Waals surface area contributed by atoms with E-state index in [4.69, 9.17) is 5.73 Å². The van der Waals surface area contributed by atoms with Crippen molar-refractivity contribution in [2.75, 3.05) is 36.0 Å². The Bertz CT molecular complexity index is 984. The van der Waals surface area contributed by atoms with Gasteiger partial charge in [0.25, 0.3) is 0 Å². The van der Waals surface area contributed by atoms with Crippen molar-refractivity contribution in [1.82, 2.24) is 19.9 Å². The Balaban J connectivity index is 1.30. The van der Waals surface area contributed by atoms with Crippen LogP contribution in [0.4, 0.5) is 17.5 Å². The standard InChI is InChI=1S/C21H25N7O/c22-20-17-4-3-5-18(16(17)6-8-23-20)25-12-15-13-26-21(27-14-15)24-9-7-19(29)28-10-1-2-11-28/h3-6,8,13-14,25H,1-2,7,9-12H2,(H2,22,23)(H,24,26,27). The highest BCUT2D eigenvalue weighted by molar-refractivity contribution is 5.99. The molecule has 29 heavy (non-hydrogen) atoms. The van der Waals surface area contributed by atoms with E-state index in [1.807, 2.05) is 29.2 Å². The Kier molecular flexibility index (Phi) is 5.69. The molecule has 0 aliphatic carbocycles. The quantitative estimate of drug-likeness (QED) is 0.568. The first-order valence-electron chi connectivity index (χ1n) is 9.90. The molecule has 0 radical (unpaired) electrons. The zero-order valence-corrected chi connectivity index (χ0v) is 16.3. The molecule has 2 aromatic heterocycles. The zero-order chi connectivity index (χ0) is 20.1. The molecule has 1 fully saturated rings. The number of carbonyl (C=O) groups excluding carboxylic acids is 1. The molecule has 150 valence electrons. The summed E-state index contributed by atoms with van der Waals surface area (Å²) in [5.41, 5.74) is 7.90. The molecule has 4 rings (SSSR count). The summed E-state index contributed by atoms with van der Waals surface area (Å²) in [6, 6.07) is 7.87. The molecule has 1 aromatic carbocycles. The van der Waals surface area contributed by atoms with Gasteiger partial charge < -0.3 is 21.3 Å². The molecule has 1 amide bonds. The molecule has 1 aliphatic rings. The second kappa shape index (κ2) is 8.72. The first-order valence-corrected chi connectivity index (χ1v) is 9.90. The van der Waals surface area contributed by atoms with Gasteiger partial charge in [0.05, 0.1) is 0 Å². The lowest BCUT2D eigenvalue weighted by atomic mass is 10.1. The fourth-order valence-corrected chi connectivity index (χ4v) is 3.52. The highest BCUT2D eigenvalue weighted by Gasteiger charge is 2.17. The molecule has 1 aliphatic heterocycles. The summed E-state index contributed by atoms with van der Waals surface area (Å²) >= 11 is 0. The number of nitrogens with two attached hydrogens (primary N) is 1. The maximum atomic E-state index is 12.0. The number of anilines is 3. The molecule has 3 heterocycles. The molecule has 0 saturated carbocycles. The largest absolute Gasteiger partial charge is 0.383 e. The van der Waals surface area contributed by atoms with Crippen LogP contribution in [0.25, 0.3) is 10.8 Å². The van der Waals surface area contributed by atoms with Crippen LogP contribution in [0.3, 0.4) is 0 Å². The van der Waals surface area contributed by atoms with Crippen LogP contribution in [0.2, 0.25) is 0 Å². The van der Waals surface area contributed by atoms with Crippen molar-refractivity contribution in [1.29, 1.82) is 0 Å². The molecule has 1 saturated heterocycles. The topological polar surface area (TPSA) is 109 Å². The molecule has 8 heteroatoms. The second-order valence-electron chi connectivity index (χ2n) is 7.13. The number of aromatic nitrogens is 3. The molecule has 0 bridgehead atoms. The first kappa shape index (κ1) is 18.9. The SMILES string of the molecule is Nc1nccc2c(NCc3cnc(NCCC(=O)N4CCCC4)nc3)cccc12. The van der Waals surface area contributed by atoms with E-state index in [1.54, 1.807) is 18.6 Å². The van der Waals surface area contributed by atoms with Crippen LogP contribution in [0.5, 0.6) is 0 Å². The lowest BCUT2D eigenvalue weighted by Gasteiger charge is -2.15. The number of fused-ring (bicyclic) bond motifs is 1. The molecule has 0 spiro atoms. The first-order chi connectivity index (χ1) is 14.2. The fraction of sp³-hybridized carbons (Fsp3) is 0.333. The number of nitrogens with zero attached hydrogens (tertiary/aromatic N) is 4. The number of benzene rings is 1. The van der Waals surface area contributed by atoms with Crippen molar-refractivity contribution in [2.45, 2.75) is 25.8 Å². The minimum absolute atomic E-state index is 0.196. The minimum Gasteiger partial charge on any atom is -0.383 e. The second-order valence-corrected chi connectivity index (χ2v) is 7.13. The van der Waals surface area contributed by atoms with E-state index in [1.165, 1.54) is 0 Å². The Labute approximate surface area is 169 Å². The molecular weight excluding hydrogens is 366 g/mol. The van der Waals surface area contributed by atoms with Crippen molar-refractivity contribution in [3.8, 4) is 0 Å². The van der Waals surface area contributed by atoms with Gasteiger partial charge in [0.2, 0.25) is 11.9 Å². The normalized spacial score (nSPS) is 13.6. The van der Waals surface area contributed by atoms with Gasteiger partial charge in [0.15, 0.2) is 0 Å². The smallest absolute Gasteiger partial charge is 0.224 e. The van der Waals surface area contributed by atoms with Crippen LogP contribution < -0.4 is 16.4 Å². The molecule has 0 atom stereocenters. The van der Waals surface area contributed by atoms with Gasteiger partial charge in [-0.3, -0.25) is 4.79 Å². The summed E-state index contributed by atoms with van der Waals surface area (Å²) in [6.07, 6.45) is 7.96. The average Bonchev–Trinajstić information content (AvgIpc) is 3.29. The third-order valence-electron chi connectivity index (χ3n) is 5.11. The van der Waals surface area contributed by atoms with E-state index >= 15 is 0 Å². The van der Waals surface area contributed by atoms with E-state index in [-0.39, 0.29) is 5.91 Å². The van der Waals surface area contributed by atoms with Gasteiger partial charge in [0.1, 0.15) is 5.82 Å². The lowest BCUT2D eigenvalue weighted by molar-refractivity contribution is -0.129. The molecular formula is C21H25N7O. The number of hydrogen-bond donors (Lipinski definition) is 3. The van der Waals surface area contributed by atoms with E-state index in [9.17, 15) is 4.79 Å². The van der Waals surface area contributed by atoms with E-state index in [0.29, 0.717) is 31.3 Å². The summed E-state index contributed by atoms with van der Waals surface area (Å²) < 4.78 is 0. The average molecular weight is 391 g/mol. The van der Waals surface area contributed by atoms with Gasteiger partial charge in [-0.05, 0) is 25.0 Å².